The fourth-order valence-electron chi connectivity index (χ4n) is 4.46. The number of halogens is 1. The Morgan fingerprint density at radius 2 is 1.89 bits per heavy atom. The molecular formula is C20H24FN3O4. The number of carbonyl (C=O) groups excluding carboxylic acids is 3. The fourth-order valence-corrected chi connectivity index (χ4v) is 4.46. The molecule has 4 rings (SSSR count). The third-order valence-corrected chi connectivity index (χ3v) is 6.08. The number of fused-ring (bicyclic) bond motifs is 1. The Morgan fingerprint density at radius 3 is 2.57 bits per heavy atom. The molecule has 28 heavy (non-hydrogen) atoms. The van der Waals surface area contributed by atoms with Crippen LogP contribution in [0.5, 0.6) is 0 Å². The zero-order chi connectivity index (χ0) is 19.8. The van der Waals surface area contributed by atoms with Crippen LogP contribution in [-0.4, -0.2) is 53.5 Å². The second-order valence-corrected chi connectivity index (χ2v) is 7.80. The molecule has 0 aromatic heterocycles. The highest BCUT2D eigenvalue weighted by Crippen LogP contribution is 2.34. The van der Waals surface area contributed by atoms with Crippen LogP contribution >= 0.6 is 0 Å². The number of benzene rings is 1. The molecule has 3 amide bonds. The minimum absolute atomic E-state index is 0.177. The largest absolute Gasteiger partial charge is 0.396 e. The Bertz CT molecular complexity index is 820. The van der Waals surface area contributed by atoms with Crippen molar-refractivity contribution in [3.8, 4) is 0 Å². The average Bonchev–Trinajstić information content (AvgIpc) is 2.98. The van der Waals surface area contributed by atoms with Crippen LogP contribution < -0.4 is 10.2 Å². The van der Waals surface area contributed by atoms with Crippen molar-refractivity contribution in [3.05, 3.63) is 29.1 Å². The monoisotopic (exact) mass is 389 g/mol. The Kier molecular flexibility index (Phi) is 5.05. The van der Waals surface area contributed by atoms with Gasteiger partial charge in [0.1, 0.15) is 11.9 Å². The number of rotatable bonds is 4. The van der Waals surface area contributed by atoms with Gasteiger partial charge < -0.3 is 14.9 Å². The lowest BCUT2D eigenvalue weighted by molar-refractivity contribution is -0.136. The van der Waals surface area contributed by atoms with Crippen LogP contribution in [0.2, 0.25) is 0 Å². The molecule has 1 atom stereocenters. The topological polar surface area (TPSA) is 90.0 Å². The molecule has 3 heterocycles. The van der Waals surface area contributed by atoms with Crippen molar-refractivity contribution < 1.29 is 23.9 Å². The summed E-state index contributed by atoms with van der Waals surface area (Å²) < 4.78 is 14.8. The second kappa shape index (κ2) is 7.50. The van der Waals surface area contributed by atoms with Crippen LogP contribution in [0, 0.1) is 11.7 Å². The number of hydrogen-bond acceptors (Lipinski definition) is 5. The lowest BCUT2D eigenvalue weighted by Crippen LogP contribution is -2.52. The van der Waals surface area contributed by atoms with Crippen molar-refractivity contribution in [3.63, 3.8) is 0 Å². The van der Waals surface area contributed by atoms with E-state index < -0.39 is 17.8 Å². The molecule has 3 aliphatic rings. The molecule has 0 bridgehead atoms. The van der Waals surface area contributed by atoms with E-state index in [0.29, 0.717) is 35.8 Å². The third-order valence-electron chi connectivity index (χ3n) is 6.08. The molecule has 1 aromatic carbocycles. The van der Waals surface area contributed by atoms with Gasteiger partial charge >= 0.3 is 0 Å². The quantitative estimate of drug-likeness (QED) is 0.755. The molecule has 0 saturated carbocycles. The molecule has 0 spiro atoms. The molecular weight excluding hydrogens is 365 g/mol. The Balaban J connectivity index is 1.52. The maximum Gasteiger partial charge on any atom is 0.255 e. The summed E-state index contributed by atoms with van der Waals surface area (Å²) in [6, 6.07) is 2.30. The van der Waals surface area contributed by atoms with Crippen molar-refractivity contribution in [2.45, 2.75) is 44.7 Å². The summed E-state index contributed by atoms with van der Waals surface area (Å²) in [7, 11) is 0. The lowest BCUT2D eigenvalue weighted by Gasteiger charge is -2.33. The zero-order valence-electron chi connectivity index (χ0n) is 15.6. The normalized spacial score (nSPS) is 23.2. The van der Waals surface area contributed by atoms with Crippen molar-refractivity contribution in [1.29, 1.82) is 0 Å². The van der Waals surface area contributed by atoms with E-state index in [1.807, 2.05) is 4.90 Å². The van der Waals surface area contributed by atoms with Gasteiger partial charge in [-0.1, -0.05) is 0 Å². The highest BCUT2D eigenvalue weighted by Gasteiger charge is 2.39. The van der Waals surface area contributed by atoms with Gasteiger partial charge in [-0.3, -0.25) is 19.7 Å². The SMILES string of the molecule is O=C1CCC(N2Cc3cc(N4CCC(CCO)CC4)c(F)cc3C2=O)C(=O)N1. The number of aliphatic hydroxyl groups is 1. The zero-order valence-corrected chi connectivity index (χ0v) is 15.6. The number of anilines is 1. The summed E-state index contributed by atoms with van der Waals surface area (Å²) in [5.74, 6) is -1.13. The lowest BCUT2D eigenvalue weighted by atomic mass is 9.93. The number of hydrogen-bond donors (Lipinski definition) is 2. The van der Waals surface area contributed by atoms with Crippen LogP contribution in [0.3, 0.4) is 0 Å². The first-order chi connectivity index (χ1) is 13.5. The first kappa shape index (κ1) is 18.9. The molecule has 8 heteroatoms. The Morgan fingerprint density at radius 1 is 1.14 bits per heavy atom. The second-order valence-electron chi connectivity index (χ2n) is 7.80. The van der Waals surface area contributed by atoms with Crippen molar-refractivity contribution >= 4 is 23.4 Å². The highest BCUT2D eigenvalue weighted by atomic mass is 19.1. The van der Waals surface area contributed by atoms with E-state index in [4.69, 9.17) is 5.11 Å². The number of piperidine rings is 2. The molecule has 150 valence electrons. The van der Waals surface area contributed by atoms with E-state index >= 15 is 0 Å². The molecule has 3 aliphatic heterocycles. The fraction of sp³-hybridized carbons (Fsp3) is 0.550. The highest BCUT2D eigenvalue weighted by molar-refractivity contribution is 6.05. The van der Waals surface area contributed by atoms with E-state index in [0.717, 1.165) is 19.3 Å². The first-order valence-corrected chi connectivity index (χ1v) is 9.81. The van der Waals surface area contributed by atoms with Gasteiger partial charge in [-0.25, -0.2) is 4.39 Å². The van der Waals surface area contributed by atoms with Gasteiger partial charge in [-0.2, -0.15) is 0 Å². The number of nitrogens with one attached hydrogen (secondary N) is 1. The molecule has 2 fully saturated rings. The van der Waals surface area contributed by atoms with Gasteiger partial charge in [-0.05, 0) is 49.3 Å². The van der Waals surface area contributed by atoms with E-state index in [-0.39, 0.29) is 37.8 Å². The van der Waals surface area contributed by atoms with Gasteiger partial charge in [0.25, 0.3) is 5.91 Å². The molecule has 1 unspecified atom stereocenters. The van der Waals surface area contributed by atoms with Crippen LogP contribution in [0.15, 0.2) is 12.1 Å². The first-order valence-electron chi connectivity index (χ1n) is 9.81. The summed E-state index contributed by atoms with van der Waals surface area (Å²) in [5, 5.41) is 11.4. The predicted molar refractivity (Wildman–Crippen MR) is 99.1 cm³/mol. The van der Waals surface area contributed by atoms with Crippen molar-refractivity contribution in [2.75, 3.05) is 24.6 Å². The third kappa shape index (κ3) is 3.37. The van der Waals surface area contributed by atoms with E-state index in [9.17, 15) is 18.8 Å². The molecule has 0 radical (unpaired) electrons. The van der Waals surface area contributed by atoms with Gasteiger partial charge in [-0.15, -0.1) is 0 Å². The molecule has 1 aromatic rings. The summed E-state index contributed by atoms with van der Waals surface area (Å²) in [4.78, 5) is 39.6. The van der Waals surface area contributed by atoms with Crippen LogP contribution in [0.25, 0.3) is 0 Å². The summed E-state index contributed by atoms with van der Waals surface area (Å²) >= 11 is 0. The number of nitrogens with zero attached hydrogens (tertiary/aromatic N) is 2. The standard InChI is InChI=1S/C20H24FN3O4/c21-15-10-14-13(9-17(15)23-6-3-12(4-7-23)5-8-25)11-24(20(14)28)16-1-2-18(26)22-19(16)27/h9-10,12,16,25H,1-8,11H2,(H,22,26,27). The van der Waals surface area contributed by atoms with Crippen LogP contribution in [-0.2, 0) is 16.1 Å². The van der Waals surface area contributed by atoms with Gasteiger partial charge in [0.15, 0.2) is 0 Å². The minimum Gasteiger partial charge on any atom is -0.396 e. The Hall–Kier alpha value is -2.48. The molecule has 0 aliphatic carbocycles. The minimum atomic E-state index is -0.696. The van der Waals surface area contributed by atoms with E-state index in [2.05, 4.69) is 5.32 Å². The smallest absolute Gasteiger partial charge is 0.255 e. The molecule has 2 N–H and O–H groups in total. The molecule has 2 saturated heterocycles. The summed E-state index contributed by atoms with van der Waals surface area (Å²) in [6.07, 6.45) is 3.06. The maximum atomic E-state index is 14.8. The Labute approximate surface area is 162 Å². The van der Waals surface area contributed by atoms with E-state index in [1.54, 1.807) is 6.07 Å². The number of carbonyl (C=O) groups is 3. The summed E-state index contributed by atoms with van der Waals surface area (Å²) in [5.41, 5.74) is 1.49. The van der Waals surface area contributed by atoms with Crippen LogP contribution in [0.1, 0.15) is 48.0 Å². The van der Waals surface area contributed by atoms with Crippen molar-refractivity contribution in [2.24, 2.45) is 5.92 Å². The number of aliphatic hydroxyl groups excluding tert-OH is 1. The van der Waals surface area contributed by atoms with Crippen molar-refractivity contribution in [1.82, 2.24) is 10.2 Å². The van der Waals surface area contributed by atoms with Gasteiger partial charge in [0, 0.05) is 38.2 Å². The number of imide groups is 1. The molecule has 7 nitrogen and oxygen atoms in total. The van der Waals surface area contributed by atoms with Gasteiger partial charge in [0.2, 0.25) is 11.8 Å². The summed E-state index contributed by atoms with van der Waals surface area (Å²) in [6.45, 7) is 1.85. The van der Waals surface area contributed by atoms with E-state index in [1.165, 1.54) is 11.0 Å². The maximum absolute atomic E-state index is 14.8. The van der Waals surface area contributed by atoms with Crippen LogP contribution in [0.4, 0.5) is 10.1 Å². The average molecular weight is 389 g/mol. The number of amides is 3. The predicted octanol–water partition coefficient (Wildman–Crippen LogP) is 1.19. The van der Waals surface area contributed by atoms with Gasteiger partial charge in [0.05, 0.1) is 5.69 Å².